The smallest absolute Gasteiger partial charge is 0.463 e. The monoisotopic (exact) mass is 337 g/mol. The fraction of sp³-hybridized carbons (Fsp3) is 0.294. The van der Waals surface area contributed by atoms with Crippen LogP contribution in [0.3, 0.4) is 0 Å². The van der Waals surface area contributed by atoms with E-state index in [2.05, 4.69) is 18.2 Å². The van der Waals surface area contributed by atoms with Crippen molar-refractivity contribution in [2.75, 3.05) is 27.9 Å². The molecular formula is C17H25O5Si. The molecule has 0 amide bonds. The second-order valence-electron chi connectivity index (χ2n) is 4.19. The molecule has 5 nitrogen and oxygen atoms in total. The van der Waals surface area contributed by atoms with Crippen LogP contribution < -0.4 is 0 Å². The van der Waals surface area contributed by atoms with E-state index < -0.39 is 8.80 Å². The maximum atomic E-state index is 10.2. The number of carbonyl (C=O) groups is 1. The highest BCUT2D eigenvalue weighted by atomic mass is 28.4. The quantitative estimate of drug-likeness (QED) is 0.414. The van der Waals surface area contributed by atoms with Crippen LogP contribution in [0.25, 0.3) is 6.08 Å². The maximum absolute atomic E-state index is 10.2. The van der Waals surface area contributed by atoms with Gasteiger partial charge in [0.2, 0.25) is 0 Å². The molecule has 1 rings (SSSR count). The van der Waals surface area contributed by atoms with Gasteiger partial charge >= 0.3 is 14.8 Å². The fourth-order valence-corrected chi connectivity index (χ4v) is 2.75. The SMILES string of the molecule is CO[Si](C=Cc1ccccc1)(OC)OC.[CH2]CCOC(=O)C=C. The van der Waals surface area contributed by atoms with Crippen molar-refractivity contribution in [3.8, 4) is 0 Å². The number of ether oxygens (including phenoxy) is 1. The van der Waals surface area contributed by atoms with Crippen LogP contribution in [-0.2, 0) is 22.8 Å². The molecule has 1 aromatic rings. The van der Waals surface area contributed by atoms with Crippen molar-refractivity contribution in [3.63, 3.8) is 0 Å². The third-order valence-electron chi connectivity index (χ3n) is 2.69. The van der Waals surface area contributed by atoms with Gasteiger partial charge in [0.1, 0.15) is 0 Å². The van der Waals surface area contributed by atoms with Crippen LogP contribution in [0, 0.1) is 6.92 Å². The Kier molecular flexibility index (Phi) is 11.8. The molecule has 0 saturated carbocycles. The van der Waals surface area contributed by atoms with Crippen LogP contribution in [-0.4, -0.2) is 42.7 Å². The van der Waals surface area contributed by atoms with Crippen LogP contribution in [0.4, 0.5) is 0 Å². The standard InChI is InChI=1S/C11H16O3Si.C6H9O2/c1-12-15(13-2,14-3)10-9-11-7-5-4-6-8-11;1-3-5-8-6(7)4-2/h4-10H,1-3H3;4H,1-3,5H2. The Morgan fingerprint density at radius 2 is 1.70 bits per heavy atom. The summed E-state index contributed by atoms with van der Waals surface area (Å²) in [7, 11) is 2.19. The Hall–Kier alpha value is -1.73. The van der Waals surface area contributed by atoms with E-state index in [1.807, 2.05) is 42.1 Å². The van der Waals surface area contributed by atoms with Gasteiger partial charge in [-0.15, -0.1) is 0 Å². The van der Waals surface area contributed by atoms with Crippen molar-refractivity contribution >= 4 is 20.8 Å². The Morgan fingerprint density at radius 3 is 2.13 bits per heavy atom. The summed E-state index contributed by atoms with van der Waals surface area (Å²) in [5, 5.41) is 0. The summed E-state index contributed by atoms with van der Waals surface area (Å²) in [6.45, 7) is 7.08. The molecule has 1 aromatic carbocycles. The lowest BCUT2D eigenvalue weighted by molar-refractivity contribution is -0.137. The predicted octanol–water partition coefficient (Wildman–Crippen LogP) is 3.06. The summed E-state index contributed by atoms with van der Waals surface area (Å²) < 4.78 is 20.3. The highest BCUT2D eigenvalue weighted by Gasteiger charge is 2.34. The minimum Gasteiger partial charge on any atom is -0.463 e. The van der Waals surface area contributed by atoms with Crippen molar-refractivity contribution in [3.05, 3.63) is 61.2 Å². The summed E-state index contributed by atoms with van der Waals surface area (Å²) in [6, 6.07) is 9.96. The zero-order valence-corrected chi connectivity index (χ0v) is 15.0. The summed E-state index contributed by atoms with van der Waals surface area (Å²) in [6.07, 6.45) is 3.69. The minimum atomic E-state index is -2.58. The zero-order valence-electron chi connectivity index (χ0n) is 14.0. The largest absolute Gasteiger partial charge is 0.528 e. The van der Waals surface area contributed by atoms with Crippen molar-refractivity contribution in [2.45, 2.75) is 6.42 Å². The van der Waals surface area contributed by atoms with Gasteiger partial charge < -0.3 is 18.0 Å². The first-order chi connectivity index (χ1) is 11.1. The highest BCUT2D eigenvalue weighted by Crippen LogP contribution is 2.11. The van der Waals surface area contributed by atoms with Crippen LogP contribution >= 0.6 is 0 Å². The Labute approximate surface area is 139 Å². The van der Waals surface area contributed by atoms with Gasteiger partial charge in [0, 0.05) is 27.4 Å². The van der Waals surface area contributed by atoms with Gasteiger partial charge in [-0.2, -0.15) is 0 Å². The number of rotatable bonds is 8. The molecule has 0 unspecified atom stereocenters. The van der Waals surface area contributed by atoms with Crippen LogP contribution in [0.2, 0.25) is 0 Å². The van der Waals surface area contributed by atoms with Gasteiger partial charge in [0.15, 0.2) is 0 Å². The zero-order chi connectivity index (χ0) is 17.6. The molecule has 23 heavy (non-hydrogen) atoms. The van der Waals surface area contributed by atoms with Gasteiger partial charge in [-0.25, -0.2) is 4.79 Å². The van der Waals surface area contributed by atoms with E-state index in [-0.39, 0.29) is 5.97 Å². The van der Waals surface area contributed by atoms with E-state index in [1.54, 1.807) is 21.3 Å². The number of carbonyl (C=O) groups excluding carboxylic acids is 1. The van der Waals surface area contributed by atoms with Gasteiger partial charge in [-0.1, -0.05) is 43.0 Å². The average molecular weight is 337 g/mol. The van der Waals surface area contributed by atoms with Gasteiger partial charge in [0.05, 0.1) is 6.61 Å². The van der Waals surface area contributed by atoms with E-state index in [4.69, 9.17) is 13.3 Å². The molecule has 0 fully saturated rings. The number of benzene rings is 1. The molecule has 0 aliphatic rings. The third kappa shape index (κ3) is 9.10. The third-order valence-corrected chi connectivity index (χ3v) is 4.97. The first-order valence-electron chi connectivity index (χ1n) is 7.05. The summed E-state index contributed by atoms with van der Waals surface area (Å²) in [5.74, 6) is -0.381. The van der Waals surface area contributed by atoms with Gasteiger partial charge in [-0.3, -0.25) is 0 Å². The summed E-state index contributed by atoms with van der Waals surface area (Å²) >= 11 is 0. The van der Waals surface area contributed by atoms with Crippen molar-refractivity contribution in [2.24, 2.45) is 0 Å². The molecule has 0 N–H and O–H groups in total. The van der Waals surface area contributed by atoms with Crippen LogP contribution in [0.5, 0.6) is 0 Å². The lowest BCUT2D eigenvalue weighted by atomic mass is 10.2. The first-order valence-corrected chi connectivity index (χ1v) is 8.85. The number of esters is 1. The Bertz CT molecular complexity index is 461. The summed E-state index contributed by atoms with van der Waals surface area (Å²) in [5.41, 5.74) is 2.96. The molecular weight excluding hydrogens is 312 g/mol. The molecule has 0 saturated heterocycles. The Morgan fingerprint density at radius 1 is 1.13 bits per heavy atom. The van der Waals surface area contributed by atoms with E-state index in [1.165, 1.54) is 0 Å². The second kappa shape index (κ2) is 12.8. The van der Waals surface area contributed by atoms with Crippen molar-refractivity contribution in [1.29, 1.82) is 0 Å². The lowest BCUT2D eigenvalue weighted by Gasteiger charge is -2.20. The van der Waals surface area contributed by atoms with E-state index >= 15 is 0 Å². The summed E-state index contributed by atoms with van der Waals surface area (Å²) in [4.78, 5) is 10.2. The number of hydrogen-bond acceptors (Lipinski definition) is 5. The van der Waals surface area contributed by atoms with Crippen LogP contribution in [0.15, 0.2) is 48.7 Å². The first kappa shape index (κ1) is 21.3. The minimum absolute atomic E-state index is 0.380. The van der Waals surface area contributed by atoms with Crippen LogP contribution in [0.1, 0.15) is 12.0 Å². The average Bonchev–Trinajstić information content (AvgIpc) is 2.62. The topological polar surface area (TPSA) is 54.0 Å². The molecule has 0 heterocycles. The lowest BCUT2D eigenvalue weighted by Crippen LogP contribution is -2.40. The fourth-order valence-electron chi connectivity index (χ4n) is 1.45. The van der Waals surface area contributed by atoms with Gasteiger partial charge in [-0.05, 0) is 24.6 Å². The van der Waals surface area contributed by atoms with Crippen molar-refractivity contribution < 1.29 is 22.8 Å². The van der Waals surface area contributed by atoms with Gasteiger partial charge in [0.25, 0.3) is 0 Å². The Balaban J connectivity index is 0.000000515. The molecule has 0 atom stereocenters. The maximum Gasteiger partial charge on any atom is 0.528 e. The molecule has 0 aromatic heterocycles. The van der Waals surface area contributed by atoms with E-state index in [9.17, 15) is 4.79 Å². The molecule has 1 radical (unpaired) electrons. The molecule has 6 heteroatoms. The molecule has 0 spiro atoms. The van der Waals surface area contributed by atoms with Crippen molar-refractivity contribution in [1.82, 2.24) is 0 Å². The van der Waals surface area contributed by atoms with E-state index in [0.29, 0.717) is 13.0 Å². The van der Waals surface area contributed by atoms with E-state index in [0.717, 1.165) is 11.6 Å². The normalized spacial score (nSPS) is 10.8. The molecule has 0 bridgehead atoms. The molecule has 0 aliphatic carbocycles. The second-order valence-corrected chi connectivity index (χ2v) is 6.95. The highest BCUT2D eigenvalue weighted by molar-refractivity contribution is 6.66. The predicted molar refractivity (Wildman–Crippen MR) is 93.4 cm³/mol. The number of hydrogen-bond donors (Lipinski definition) is 0. The molecule has 127 valence electrons. The molecule has 0 aliphatic heterocycles.